The molecule has 7 heteroatoms. The first-order valence-electron chi connectivity index (χ1n) is 16.8. The molecule has 0 saturated heterocycles. The van der Waals surface area contributed by atoms with Crippen molar-refractivity contribution < 1.29 is 23.4 Å². The highest BCUT2D eigenvalue weighted by Gasteiger charge is 2.40. The monoisotopic (exact) mass is 667 g/mol. The third-order valence-electron chi connectivity index (χ3n) is 8.99. The van der Waals surface area contributed by atoms with Gasteiger partial charge in [-0.3, -0.25) is 4.79 Å². The first kappa shape index (κ1) is 36.9. The van der Waals surface area contributed by atoms with E-state index < -0.39 is 8.32 Å². The van der Waals surface area contributed by atoms with E-state index in [1.165, 1.54) is 7.11 Å². The Morgan fingerprint density at radius 1 is 0.708 bits per heavy atom. The Hall–Kier alpha value is -3.91. The lowest BCUT2D eigenvalue weighted by molar-refractivity contribution is -0.139. The fourth-order valence-electron chi connectivity index (χ4n) is 5.22. The summed E-state index contributed by atoms with van der Waals surface area (Å²) in [7, 11) is -0.769. The fourth-order valence-corrected chi connectivity index (χ4v) is 6.50. The Bertz CT molecular complexity index is 1540. The minimum absolute atomic E-state index is 0.0227. The molecule has 0 bridgehead atoms. The van der Waals surface area contributed by atoms with Crippen molar-refractivity contribution >= 4 is 14.3 Å². The van der Waals surface area contributed by atoms with Gasteiger partial charge in [0, 0.05) is 18.2 Å². The second kappa shape index (κ2) is 16.5. The van der Waals surface area contributed by atoms with Gasteiger partial charge in [0.2, 0.25) is 0 Å². The van der Waals surface area contributed by atoms with Crippen molar-refractivity contribution in [3.05, 3.63) is 131 Å². The molecule has 0 spiro atoms. The molecule has 4 aromatic rings. The smallest absolute Gasteiger partial charge is 0.309 e. The highest BCUT2D eigenvalue weighted by Crippen LogP contribution is 2.41. The largest absolute Gasteiger partial charge is 0.489 e. The molecule has 0 amide bonds. The van der Waals surface area contributed by atoms with Crippen molar-refractivity contribution in [2.24, 2.45) is 0 Å². The summed E-state index contributed by atoms with van der Waals surface area (Å²) in [6.07, 6.45) is 0.800. The predicted molar refractivity (Wildman–Crippen MR) is 197 cm³/mol. The zero-order chi connectivity index (χ0) is 34.8. The number of hydrogen-bond acceptors (Lipinski definition) is 6. The molecular formula is C41H53NO5Si. The Morgan fingerprint density at radius 3 is 1.75 bits per heavy atom. The van der Waals surface area contributed by atoms with Gasteiger partial charge in [0.05, 0.1) is 19.6 Å². The lowest BCUT2D eigenvalue weighted by atomic mass is 9.93. The average Bonchev–Trinajstić information content (AvgIpc) is 3.05. The number of esters is 1. The summed E-state index contributed by atoms with van der Waals surface area (Å²) in [5.74, 6) is 1.24. The van der Waals surface area contributed by atoms with Crippen molar-refractivity contribution in [3.8, 4) is 11.5 Å². The maximum absolute atomic E-state index is 11.9. The zero-order valence-corrected chi connectivity index (χ0v) is 31.0. The van der Waals surface area contributed by atoms with E-state index in [-0.39, 0.29) is 29.1 Å². The van der Waals surface area contributed by atoms with Gasteiger partial charge in [-0.25, -0.2) is 0 Å². The Labute approximate surface area is 288 Å². The number of benzene rings is 4. The van der Waals surface area contributed by atoms with Gasteiger partial charge in [-0.15, -0.1) is 0 Å². The summed E-state index contributed by atoms with van der Waals surface area (Å²) in [5.41, 5.74) is 5.06. The van der Waals surface area contributed by atoms with Crippen molar-refractivity contribution in [2.45, 2.75) is 90.4 Å². The third kappa shape index (κ3) is 11.4. The highest BCUT2D eigenvalue weighted by atomic mass is 28.4. The van der Waals surface area contributed by atoms with Gasteiger partial charge in [0.1, 0.15) is 24.7 Å². The Morgan fingerprint density at radius 2 is 1.23 bits per heavy atom. The van der Waals surface area contributed by atoms with Gasteiger partial charge in [0.25, 0.3) is 0 Å². The molecule has 1 N–H and O–H groups in total. The van der Waals surface area contributed by atoms with E-state index >= 15 is 0 Å². The fraction of sp³-hybridized carbons (Fsp3) is 0.390. The van der Waals surface area contributed by atoms with E-state index in [1.807, 2.05) is 54.6 Å². The van der Waals surface area contributed by atoms with Crippen LogP contribution < -0.4 is 14.8 Å². The Kier molecular flexibility index (Phi) is 12.7. The summed E-state index contributed by atoms with van der Waals surface area (Å²) in [5, 5.41) is 3.85. The lowest BCUT2D eigenvalue weighted by Gasteiger charge is -2.40. The number of nitrogens with one attached hydrogen (secondary N) is 1. The van der Waals surface area contributed by atoms with E-state index in [0.29, 0.717) is 19.8 Å². The summed E-state index contributed by atoms with van der Waals surface area (Å²) in [6.45, 7) is 17.3. The van der Waals surface area contributed by atoms with Crippen LogP contribution in [-0.4, -0.2) is 33.5 Å². The number of methoxy groups -OCH3 is 1. The van der Waals surface area contributed by atoms with Crippen LogP contribution in [0.4, 0.5) is 0 Å². The summed E-state index contributed by atoms with van der Waals surface area (Å²) in [4.78, 5) is 11.9. The predicted octanol–water partition coefficient (Wildman–Crippen LogP) is 9.23. The van der Waals surface area contributed by atoms with Crippen LogP contribution in [0, 0.1) is 0 Å². The summed E-state index contributed by atoms with van der Waals surface area (Å²) >= 11 is 0. The average molecular weight is 668 g/mol. The molecule has 0 aliphatic carbocycles. The van der Waals surface area contributed by atoms with E-state index in [2.05, 4.69) is 102 Å². The van der Waals surface area contributed by atoms with E-state index in [1.54, 1.807) is 0 Å². The minimum atomic E-state index is -2.19. The molecule has 6 nitrogen and oxygen atoms in total. The molecule has 0 aliphatic rings. The number of rotatable bonds is 16. The molecule has 4 rings (SSSR count). The van der Waals surface area contributed by atoms with Crippen molar-refractivity contribution in [2.75, 3.05) is 13.7 Å². The van der Waals surface area contributed by atoms with Gasteiger partial charge in [0.15, 0.2) is 8.32 Å². The molecule has 1 unspecified atom stereocenters. The molecule has 0 saturated carbocycles. The standard InChI is InChI=1S/C41H53NO5Si/c1-40(2,3)48(7,8)47-38(28-42-41(4,5)27-34-21-15-20-33(22-34)23-39(43)44-6)35-24-36(45-29-31-16-11-9-12-17-31)26-37(25-35)46-30-32-18-13-10-14-19-32/h9-22,24-26,38,42H,23,27-30H2,1-8H3. The lowest BCUT2D eigenvalue weighted by Crippen LogP contribution is -2.47. The normalized spacial score (nSPS) is 12.8. The molecule has 4 aromatic carbocycles. The highest BCUT2D eigenvalue weighted by molar-refractivity contribution is 6.74. The van der Waals surface area contributed by atoms with Gasteiger partial charge in [-0.1, -0.05) is 106 Å². The van der Waals surface area contributed by atoms with Gasteiger partial charge in [-0.2, -0.15) is 0 Å². The second-order valence-corrected chi connectivity index (χ2v) is 19.4. The second-order valence-electron chi connectivity index (χ2n) is 14.7. The molecular weight excluding hydrogens is 615 g/mol. The first-order chi connectivity index (χ1) is 22.7. The molecule has 1 atom stereocenters. The van der Waals surface area contributed by atoms with Crippen molar-refractivity contribution in [3.63, 3.8) is 0 Å². The molecule has 0 aromatic heterocycles. The molecule has 0 radical (unpaired) electrons. The maximum atomic E-state index is 11.9. The van der Waals surface area contributed by atoms with Crippen LogP contribution in [0.5, 0.6) is 11.5 Å². The third-order valence-corrected chi connectivity index (χ3v) is 13.5. The van der Waals surface area contributed by atoms with Crippen LogP contribution in [-0.2, 0) is 40.0 Å². The quantitative estimate of drug-likeness (QED) is 0.0950. The summed E-state index contributed by atoms with van der Waals surface area (Å²) < 4.78 is 24.8. The topological polar surface area (TPSA) is 66.0 Å². The molecule has 0 aliphatic heterocycles. The van der Waals surface area contributed by atoms with Gasteiger partial charge >= 0.3 is 5.97 Å². The number of carbonyl (C=O) groups excluding carboxylic acids is 1. The SMILES string of the molecule is COC(=O)Cc1cccc(CC(C)(C)NCC(O[Si](C)(C)C(C)(C)C)c2cc(OCc3ccccc3)cc(OCc3ccccc3)c2)c1. The Balaban J connectivity index is 1.61. The number of hydrogen-bond donors (Lipinski definition) is 1. The molecule has 0 heterocycles. The van der Waals surface area contributed by atoms with E-state index in [0.717, 1.165) is 45.7 Å². The van der Waals surface area contributed by atoms with Crippen LogP contribution >= 0.6 is 0 Å². The first-order valence-corrected chi connectivity index (χ1v) is 19.7. The van der Waals surface area contributed by atoms with Gasteiger partial charge in [-0.05, 0) is 78.4 Å². The van der Waals surface area contributed by atoms with Crippen molar-refractivity contribution in [1.82, 2.24) is 5.32 Å². The maximum Gasteiger partial charge on any atom is 0.309 e. The van der Waals surface area contributed by atoms with Crippen LogP contribution in [0.3, 0.4) is 0 Å². The summed E-state index contributed by atoms with van der Waals surface area (Å²) in [6, 6.07) is 34.7. The van der Waals surface area contributed by atoms with E-state index in [4.69, 9.17) is 18.6 Å². The van der Waals surface area contributed by atoms with Crippen LogP contribution in [0.2, 0.25) is 18.1 Å². The number of carbonyl (C=O) groups is 1. The molecule has 48 heavy (non-hydrogen) atoms. The zero-order valence-electron chi connectivity index (χ0n) is 30.0. The van der Waals surface area contributed by atoms with Crippen LogP contribution in [0.1, 0.15) is 68.5 Å². The minimum Gasteiger partial charge on any atom is -0.489 e. The number of ether oxygens (including phenoxy) is 3. The van der Waals surface area contributed by atoms with Crippen LogP contribution in [0.15, 0.2) is 103 Å². The van der Waals surface area contributed by atoms with E-state index in [9.17, 15) is 4.79 Å². The van der Waals surface area contributed by atoms with Crippen molar-refractivity contribution in [1.29, 1.82) is 0 Å². The van der Waals surface area contributed by atoms with Crippen LogP contribution in [0.25, 0.3) is 0 Å². The molecule has 0 fully saturated rings. The van der Waals surface area contributed by atoms with Gasteiger partial charge < -0.3 is 24.0 Å². The molecule has 256 valence electrons.